The topological polar surface area (TPSA) is 71.5 Å². The number of nitrogens with zero attached hydrogens (tertiary/aromatic N) is 2. The molecule has 2 amide bonds. The molecule has 33 heavy (non-hydrogen) atoms. The van der Waals surface area contributed by atoms with Crippen molar-refractivity contribution in [3.05, 3.63) is 81.7 Å². The van der Waals surface area contributed by atoms with E-state index in [1.807, 2.05) is 61.5 Å². The summed E-state index contributed by atoms with van der Waals surface area (Å²) in [7, 11) is 0. The summed E-state index contributed by atoms with van der Waals surface area (Å²) in [5, 5.41) is 3.27. The molecule has 3 aromatic rings. The fourth-order valence-electron chi connectivity index (χ4n) is 3.16. The Labute approximate surface area is 205 Å². The Hall–Kier alpha value is -3.01. The zero-order valence-electron chi connectivity index (χ0n) is 17.8. The van der Waals surface area contributed by atoms with Gasteiger partial charge in [0.25, 0.3) is 5.91 Å². The van der Waals surface area contributed by atoms with Crippen LogP contribution in [0.2, 0.25) is 0 Å². The first kappa shape index (κ1) is 23.2. The Balaban J connectivity index is 1.35. The number of rotatable bonds is 8. The maximum atomic E-state index is 12.8. The SMILES string of the molecule is CCOc1ccc(C=C2SC(=S)N(CC(=O)Nc3ncc(Cc4ccccc4)s3)C2=O)cc1. The molecule has 0 radical (unpaired) electrons. The highest BCUT2D eigenvalue weighted by Crippen LogP contribution is 2.32. The highest BCUT2D eigenvalue weighted by Gasteiger charge is 2.33. The number of thiazole rings is 1. The molecule has 1 saturated heterocycles. The number of carbonyl (C=O) groups excluding carboxylic acids is 2. The molecule has 4 rings (SSSR count). The molecule has 1 fully saturated rings. The average molecular weight is 496 g/mol. The van der Waals surface area contributed by atoms with Gasteiger partial charge in [-0.25, -0.2) is 4.98 Å². The predicted octanol–water partition coefficient (Wildman–Crippen LogP) is 4.97. The first-order valence-corrected chi connectivity index (χ1v) is 12.3. The molecule has 6 nitrogen and oxygen atoms in total. The minimum atomic E-state index is -0.339. The summed E-state index contributed by atoms with van der Waals surface area (Å²) in [4.78, 5) is 32.5. The van der Waals surface area contributed by atoms with Crippen molar-refractivity contribution in [1.82, 2.24) is 9.88 Å². The predicted molar refractivity (Wildman–Crippen MR) is 137 cm³/mol. The van der Waals surface area contributed by atoms with Crippen LogP contribution in [0.15, 0.2) is 65.7 Å². The van der Waals surface area contributed by atoms with Gasteiger partial charge in [-0.05, 0) is 36.3 Å². The molecule has 0 unspecified atom stereocenters. The Kier molecular flexibility index (Phi) is 7.54. The molecule has 1 aromatic heterocycles. The fraction of sp³-hybridized carbons (Fsp3) is 0.167. The van der Waals surface area contributed by atoms with E-state index in [2.05, 4.69) is 10.3 Å². The number of thiocarbonyl (C=S) groups is 1. The van der Waals surface area contributed by atoms with E-state index >= 15 is 0 Å². The molecular formula is C24H21N3O3S3. The summed E-state index contributed by atoms with van der Waals surface area (Å²) >= 11 is 7.95. The number of carbonyl (C=O) groups is 2. The largest absolute Gasteiger partial charge is 0.494 e. The van der Waals surface area contributed by atoms with Crippen LogP contribution in [0.4, 0.5) is 5.13 Å². The Morgan fingerprint density at radius 3 is 2.67 bits per heavy atom. The van der Waals surface area contributed by atoms with E-state index in [0.717, 1.165) is 22.6 Å². The normalized spacial score (nSPS) is 14.7. The van der Waals surface area contributed by atoms with Gasteiger partial charge in [0.1, 0.15) is 16.6 Å². The number of thioether (sulfide) groups is 1. The van der Waals surface area contributed by atoms with E-state index in [0.29, 0.717) is 21.0 Å². The van der Waals surface area contributed by atoms with Gasteiger partial charge in [-0.15, -0.1) is 11.3 Å². The fourth-order valence-corrected chi connectivity index (χ4v) is 5.28. The van der Waals surface area contributed by atoms with Crippen molar-refractivity contribution in [2.24, 2.45) is 0 Å². The number of hydrogen-bond donors (Lipinski definition) is 1. The number of aromatic nitrogens is 1. The van der Waals surface area contributed by atoms with E-state index in [1.165, 1.54) is 33.6 Å². The lowest BCUT2D eigenvalue weighted by Gasteiger charge is -2.13. The molecule has 0 spiro atoms. The standard InChI is InChI=1S/C24H21N3O3S3/c1-2-30-18-10-8-17(9-11-18)13-20-22(29)27(24(31)33-20)15-21(28)26-23-25-14-19(32-23)12-16-6-4-3-5-7-16/h3-11,13-14H,2,12,15H2,1H3,(H,25,26,28). The van der Waals surface area contributed by atoms with Crippen molar-refractivity contribution < 1.29 is 14.3 Å². The van der Waals surface area contributed by atoms with Crippen molar-refractivity contribution in [1.29, 1.82) is 0 Å². The van der Waals surface area contributed by atoms with Crippen LogP contribution in [0, 0.1) is 0 Å². The van der Waals surface area contributed by atoms with Gasteiger partial charge < -0.3 is 10.1 Å². The Bertz CT molecular complexity index is 1190. The second-order valence-corrected chi connectivity index (χ2v) is 9.90. The number of hydrogen-bond acceptors (Lipinski definition) is 7. The summed E-state index contributed by atoms with van der Waals surface area (Å²) in [5.74, 6) is 0.153. The van der Waals surface area contributed by atoms with Crippen LogP contribution in [-0.2, 0) is 16.0 Å². The zero-order valence-corrected chi connectivity index (χ0v) is 20.3. The van der Waals surface area contributed by atoms with Gasteiger partial charge in [0.05, 0.1) is 11.5 Å². The third kappa shape index (κ3) is 6.07. The number of benzene rings is 2. The molecule has 1 aliphatic heterocycles. The number of amides is 2. The lowest BCUT2D eigenvalue weighted by atomic mass is 10.1. The molecular weight excluding hydrogens is 474 g/mol. The highest BCUT2D eigenvalue weighted by molar-refractivity contribution is 8.26. The zero-order chi connectivity index (χ0) is 23.2. The van der Waals surface area contributed by atoms with Crippen molar-refractivity contribution in [2.45, 2.75) is 13.3 Å². The summed E-state index contributed by atoms with van der Waals surface area (Å²) in [6.45, 7) is 2.36. The quantitative estimate of drug-likeness (QED) is 0.351. The Morgan fingerprint density at radius 1 is 1.18 bits per heavy atom. The molecule has 0 saturated carbocycles. The molecule has 1 N–H and O–H groups in total. The van der Waals surface area contributed by atoms with Gasteiger partial charge >= 0.3 is 0 Å². The molecule has 9 heteroatoms. The van der Waals surface area contributed by atoms with E-state index in [4.69, 9.17) is 17.0 Å². The number of ether oxygens (including phenoxy) is 1. The third-order valence-corrected chi connectivity index (χ3v) is 6.98. The molecule has 2 heterocycles. The van der Waals surface area contributed by atoms with Gasteiger partial charge in [-0.1, -0.05) is 66.4 Å². The molecule has 0 bridgehead atoms. The first-order chi connectivity index (χ1) is 16.0. The van der Waals surface area contributed by atoms with E-state index in [1.54, 1.807) is 12.3 Å². The lowest BCUT2D eigenvalue weighted by molar-refractivity contribution is -0.126. The van der Waals surface area contributed by atoms with E-state index < -0.39 is 0 Å². The molecule has 0 atom stereocenters. The van der Waals surface area contributed by atoms with E-state index in [9.17, 15) is 9.59 Å². The number of nitrogens with one attached hydrogen (secondary N) is 1. The van der Waals surface area contributed by atoms with Crippen LogP contribution in [-0.4, -0.2) is 39.2 Å². The van der Waals surface area contributed by atoms with Gasteiger partial charge in [0.2, 0.25) is 5.91 Å². The molecule has 2 aromatic carbocycles. The molecule has 1 aliphatic rings. The van der Waals surface area contributed by atoms with Crippen molar-refractivity contribution in [3.63, 3.8) is 0 Å². The van der Waals surface area contributed by atoms with Crippen LogP contribution < -0.4 is 10.1 Å². The Morgan fingerprint density at radius 2 is 1.94 bits per heavy atom. The van der Waals surface area contributed by atoms with Gasteiger partial charge in [0, 0.05) is 17.5 Å². The minimum absolute atomic E-state index is 0.154. The lowest BCUT2D eigenvalue weighted by Crippen LogP contribution is -2.36. The highest BCUT2D eigenvalue weighted by atomic mass is 32.2. The summed E-state index contributed by atoms with van der Waals surface area (Å²) < 4.78 is 5.80. The monoisotopic (exact) mass is 495 g/mol. The van der Waals surface area contributed by atoms with Crippen LogP contribution in [0.5, 0.6) is 5.75 Å². The van der Waals surface area contributed by atoms with Crippen LogP contribution in [0.3, 0.4) is 0 Å². The smallest absolute Gasteiger partial charge is 0.266 e. The van der Waals surface area contributed by atoms with Crippen molar-refractivity contribution in [2.75, 3.05) is 18.5 Å². The van der Waals surface area contributed by atoms with Crippen molar-refractivity contribution in [3.8, 4) is 5.75 Å². The van der Waals surface area contributed by atoms with Gasteiger partial charge in [0.15, 0.2) is 5.13 Å². The maximum absolute atomic E-state index is 12.8. The van der Waals surface area contributed by atoms with Gasteiger partial charge in [-0.2, -0.15) is 0 Å². The second kappa shape index (κ2) is 10.7. The molecule has 0 aliphatic carbocycles. The maximum Gasteiger partial charge on any atom is 0.266 e. The van der Waals surface area contributed by atoms with Gasteiger partial charge in [-0.3, -0.25) is 14.5 Å². The average Bonchev–Trinajstić information content (AvgIpc) is 3.35. The third-order valence-electron chi connectivity index (χ3n) is 4.69. The van der Waals surface area contributed by atoms with Crippen molar-refractivity contribution >= 4 is 62.7 Å². The number of anilines is 1. The summed E-state index contributed by atoms with van der Waals surface area (Å²) in [6, 6.07) is 17.5. The summed E-state index contributed by atoms with van der Waals surface area (Å²) in [5.41, 5.74) is 2.04. The minimum Gasteiger partial charge on any atom is -0.494 e. The van der Waals surface area contributed by atoms with E-state index in [-0.39, 0.29) is 18.4 Å². The second-order valence-electron chi connectivity index (χ2n) is 7.11. The van der Waals surface area contributed by atoms with Crippen LogP contribution >= 0.6 is 35.3 Å². The van der Waals surface area contributed by atoms with Crippen LogP contribution in [0.1, 0.15) is 22.9 Å². The first-order valence-electron chi connectivity index (χ1n) is 10.3. The van der Waals surface area contributed by atoms with Crippen LogP contribution in [0.25, 0.3) is 6.08 Å². The molecule has 168 valence electrons. The summed E-state index contributed by atoms with van der Waals surface area (Å²) in [6.07, 6.45) is 4.27.